The lowest BCUT2D eigenvalue weighted by molar-refractivity contribution is -0.126. The summed E-state index contributed by atoms with van der Waals surface area (Å²) in [5, 5.41) is 8.44. The third kappa shape index (κ3) is 4.89. The highest BCUT2D eigenvalue weighted by Crippen LogP contribution is 2.46. The molecule has 4 aromatic heterocycles. The van der Waals surface area contributed by atoms with E-state index in [0.717, 1.165) is 54.6 Å². The summed E-state index contributed by atoms with van der Waals surface area (Å²) in [4.78, 5) is 24.4. The van der Waals surface area contributed by atoms with Crippen molar-refractivity contribution in [3.63, 3.8) is 0 Å². The first kappa shape index (κ1) is 28.1. The molecule has 0 radical (unpaired) electrons. The summed E-state index contributed by atoms with van der Waals surface area (Å²) >= 11 is 1.59. The normalized spacial score (nSPS) is 16.2. The van der Waals surface area contributed by atoms with Gasteiger partial charge in [0.1, 0.15) is 18.2 Å². The summed E-state index contributed by atoms with van der Waals surface area (Å²) in [6.07, 6.45) is 8.72. The summed E-state index contributed by atoms with van der Waals surface area (Å²) in [6, 6.07) is 10.3. The van der Waals surface area contributed by atoms with Crippen LogP contribution in [0.5, 0.6) is 0 Å². The molecule has 1 atom stereocenters. The number of halogens is 1. The van der Waals surface area contributed by atoms with Gasteiger partial charge in [0.25, 0.3) is 0 Å². The predicted octanol–water partition coefficient (Wildman–Crippen LogP) is 6.48. The number of hydrogen-bond acceptors (Lipinski definition) is 7. The Bertz CT molecular complexity index is 2010. The number of amides is 1. The molecule has 2 aliphatic rings. The largest absolute Gasteiger partial charge is 0.494 e. The molecular formula is C34H30FN5O3S. The minimum atomic E-state index is -0.486. The van der Waals surface area contributed by atoms with Crippen LogP contribution in [0.15, 0.2) is 84.5 Å². The molecule has 0 fully saturated rings. The minimum absolute atomic E-state index is 0.109. The highest BCUT2D eigenvalue weighted by atomic mass is 32.1. The number of ether oxygens (including phenoxy) is 2. The highest BCUT2D eigenvalue weighted by Gasteiger charge is 2.31. The topological polar surface area (TPSA) is 82.4 Å². The van der Waals surface area contributed by atoms with E-state index in [-0.39, 0.29) is 11.7 Å². The number of aromatic nitrogens is 4. The van der Waals surface area contributed by atoms with Gasteiger partial charge in [-0.3, -0.25) is 14.5 Å². The monoisotopic (exact) mass is 607 g/mol. The number of fused-ring (bicyclic) bond motifs is 3. The zero-order valence-electron chi connectivity index (χ0n) is 24.4. The Hall–Kier alpha value is -4.67. The third-order valence-corrected chi connectivity index (χ3v) is 9.19. The Kier molecular flexibility index (Phi) is 7.31. The number of carbonyl (C=O) groups excluding carboxylic acids is 1. The molecule has 7 rings (SSSR count). The van der Waals surface area contributed by atoms with Gasteiger partial charge in [-0.1, -0.05) is 12.6 Å². The first-order valence-corrected chi connectivity index (χ1v) is 15.3. The number of nitrogens with zero attached hydrogens (tertiary/aromatic N) is 5. The van der Waals surface area contributed by atoms with Crippen molar-refractivity contribution >= 4 is 38.2 Å². The van der Waals surface area contributed by atoms with Crippen molar-refractivity contribution in [1.82, 2.24) is 24.6 Å². The SMILES string of the molecule is C=CC(=O)N1CCc2ncc(-c3nc(-c4ccc5c(cnn5C)c4)c4ccsc4c3C3C=C(F)C=C3OCCOC)cc2C1. The van der Waals surface area contributed by atoms with Gasteiger partial charge in [-0.15, -0.1) is 11.3 Å². The van der Waals surface area contributed by atoms with E-state index in [0.29, 0.717) is 44.2 Å². The smallest absolute Gasteiger partial charge is 0.246 e. The number of aryl methyl sites for hydroxylation is 1. The zero-order valence-corrected chi connectivity index (χ0v) is 25.2. The Morgan fingerprint density at radius 3 is 2.91 bits per heavy atom. The number of thiophene rings is 1. The fourth-order valence-electron chi connectivity index (χ4n) is 6.07. The Labute approximate surface area is 257 Å². The second kappa shape index (κ2) is 11.4. The van der Waals surface area contributed by atoms with Gasteiger partial charge in [0.2, 0.25) is 5.91 Å². The van der Waals surface area contributed by atoms with Crippen molar-refractivity contribution in [1.29, 1.82) is 0 Å². The summed E-state index contributed by atoms with van der Waals surface area (Å²) in [5.74, 6) is -0.440. The lowest BCUT2D eigenvalue weighted by atomic mass is 9.91. The highest BCUT2D eigenvalue weighted by molar-refractivity contribution is 7.17. The maximum absolute atomic E-state index is 14.9. The molecule has 0 bridgehead atoms. The first-order valence-electron chi connectivity index (χ1n) is 14.4. The van der Waals surface area contributed by atoms with E-state index in [2.05, 4.69) is 42.0 Å². The number of benzene rings is 1. The molecule has 0 N–H and O–H groups in total. The van der Waals surface area contributed by atoms with Crippen LogP contribution < -0.4 is 0 Å². The van der Waals surface area contributed by atoms with Crippen LogP contribution in [0.4, 0.5) is 4.39 Å². The summed E-state index contributed by atoms with van der Waals surface area (Å²) in [6.45, 7) is 5.36. The maximum atomic E-state index is 14.9. The van der Waals surface area contributed by atoms with E-state index in [1.165, 1.54) is 12.2 Å². The molecule has 0 saturated carbocycles. The molecule has 0 spiro atoms. The van der Waals surface area contributed by atoms with Crippen LogP contribution in [0.25, 0.3) is 43.5 Å². The molecule has 0 saturated heterocycles. The molecular weight excluding hydrogens is 577 g/mol. The van der Waals surface area contributed by atoms with Crippen molar-refractivity contribution in [2.45, 2.75) is 18.9 Å². The van der Waals surface area contributed by atoms with Gasteiger partial charge in [0.15, 0.2) is 0 Å². The van der Waals surface area contributed by atoms with Crippen molar-refractivity contribution in [2.24, 2.45) is 7.05 Å². The summed E-state index contributed by atoms with van der Waals surface area (Å²) < 4.78 is 29.0. The van der Waals surface area contributed by atoms with Crippen molar-refractivity contribution in [3.05, 3.63) is 101 Å². The van der Waals surface area contributed by atoms with Crippen LogP contribution in [0.1, 0.15) is 22.7 Å². The fourth-order valence-corrected chi connectivity index (χ4v) is 7.05. The van der Waals surface area contributed by atoms with Crippen LogP contribution in [0.3, 0.4) is 0 Å². The predicted molar refractivity (Wildman–Crippen MR) is 170 cm³/mol. The lowest BCUT2D eigenvalue weighted by Gasteiger charge is -2.28. The quantitative estimate of drug-likeness (QED) is 0.148. The van der Waals surface area contributed by atoms with E-state index in [4.69, 9.17) is 19.4 Å². The van der Waals surface area contributed by atoms with Gasteiger partial charge in [0, 0.05) is 83.8 Å². The number of methoxy groups -OCH3 is 1. The average molecular weight is 608 g/mol. The van der Waals surface area contributed by atoms with Crippen LogP contribution in [-0.2, 0) is 34.3 Å². The molecule has 8 nitrogen and oxygen atoms in total. The van der Waals surface area contributed by atoms with E-state index < -0.39 is 5.92 Å². The summed E-state index contributed by atoms with van der Waals surface area (Å²) in [7, 11) is 3.53. The number of pyridine rings is 2. The number of hydrogen-bond donors (Lipinski definition) is 0. The molecule has 44 heavy (non-hydrogen) atoms. The second-order valence-corrected chi connectivity index (χ2v) is 11.8. The molecule has 1 aliphatic heterocycles. The van der Waals surface area contributed by atoms with E-state index in [1.54, 1.807) is 29.4 Å². The standard InChI is InChI=1S/C34H30FN5O3S/c1-4-30(41)40-9-7-27-23(19-40)14-22(17-36-27)33-31(26-15-24(35)16-29(26)43-11-10-42-3)34-25(8-12-44-34)32(38-33)20-5-6-28-21(13-20)18-37-39(28)2/h4-6,8,12-18,26H,1,7,9-11,19H2,2-3H3. The van der Waals surface area contributed by atoms with Gasteiger partial charge >= 0.3 is 0 Å². The molecule has 1 aromatic carbocycles. The van der Waals surface area contributed by atoms with E-state index in [9.17, 15) is 9.18 Å². The van der Waals surface area contributed by atoms with Gasteiger partial charge in [-0.05, 0) is 47.4 Å². The number of rotatable bonds is 8. The third-order valence-electron chi connectivity index (χ3n) is 8.24. The second-order valence-electron chi connectivity index (χ2n) is 10.9. The van der Waals surface area contributed by atoms with Crippen LogP contribution in [-0.4, -0.2) is 57.4 Å². The number of carbonyl (C=O) groups is 1. The van der Waals surface area contributed by atoms with Crippen molar-refractivity contribution in [2.75, 3.05) is 26.9 Å². The zero-order chi connectivity index (χ0) is 30.4. The van der Waals surface area contributed by atoms with Gasteiger partial charge < -0.3 is 14.4 Å². The van der Waals surface area contributed by atoms with Crippen molar-refractivity contribution < 1.29 is 18.7 Å². The Morgan fingerprint density at radius 2 is 2.07 bits per heavy atom. The molecule has 5 heterocycles. The van der Waals surface area contributed by atoms with Crippen molar-refractivity contribution in [3.8, 4) is 22.5 Å². The lowest BCUT2D eigenvalue weighted by Crippen LogP contribution is -2.35. The van der Waals surface area contributed by atoms with Gasteiger partial charge in [-0.2, -0.15) is 5.10 Å². The molecule has 1 aliphatic carbocycles. The van der Waals surface area contributed by atoms with Gasteiger partial charge in [-0.25, -0.2) is 9.37 Å². The Balaban J connectivity index is 1.43. The average Bonchev–Trinajstić information content (AvgIpc) is 3.78. The van der Waals surface area contributed by atoms with Gasteiger partial charge in [0.05, 0.1) is 35.6 Å². The van der Waals surface area contributed by atoms with E-state index in [1.807, 2.05) is 29.5 Å². The fraction of sp³-hybridized carbons (Fsp3) is 0.235. The van der Waals surface area contributed by atoms with Crippen LogP contribution in [0, 0.1) is 0 Å². The molecule has 1 amide bonds. The molecule has 10 heteroatoms. The first-order chi connectivity index (χ1) is 21.4. The minimum Gasteiger partial charge on any atom is -0.494 e. The maximum Gasteiger partial charge on any atom is 0.246 e. The van der Waals surface area contributed by atoms with Crippen LogP contribution >= 0.6 is 11.3 Å². The summed E-state index contributed by atoms with van der Waals surface area (Å²) in [5.41, 5.74) is 7.06. The Morgan fingerprint density at radius 1 is 1.18 bits per heavy atom. The van der Waals surface area contributed by atoms with E-state index >= 15 is 0 Å². The molecule has 222 valence electrons. The number of allylic oxidation sites excluding steroid dienone is 3. The van der Waals surface area contributed by atoms with Crippen LogP contribution in [0.2, 0.25) is 0 Å². The molecule has 1 unspecified atom stereocenters. The molecule has 5 aromatic rings.